The van der Waals surface area contributed by atoms with Gasteiger partial charge in [0.15, 0.2) is 0 Å². The third-order valence-corrected chi connectivity index (χ3v) is 5.41. The number of hydrogen-bond acceptors (Lipinski definition) is 0. The maximum absolute atomic E-state index is 2.33. The number of allylic oxidation sites excluding steroid dienone is 2. The maximum Gasteiger partial charge on any atom is -0.0172 e. The van der Waals surface area contributed by atoms with Gasteiger partial charge in [-0.1, -0.05) is 88.1 Å². The molecule has 0 atom stereocenters. The van der Waals surface area contributed by atoms with E-state index in [0.29, 0.717) is 0 Å². The second-order valence-electron chi connectivity index (χ2n) is 7.86. The van der Waals surface area contributed by atoms with Crippen LogP contribution >= 0.6 is 0 Å². The van der Waals surface area contributed by atoms with Crippen LogP contribution in [0.15, 0.2) is 60.7 Å². The van der Waals surface area contributed by atoms with Crippen molar-refractivity contribution in [2.45, 2.75) is 65.2 Å². The van der Waals surface area contributed by atoms with Crippen LogP contribution in [0.4, 0.5) is 0 Å². The van der Waals surface area contributed by atoms with E-state index in [2.05, 4.69) is 86.7 Å². The molecule has 3 aromatic carbocycles. The zero-order chi connectivity index (χ0) is 19.6. The predicted molar refractivity (Wildman–Crippen MR) is 128 cm³/mol. The molecule has 3 rings (SSSR count). The zero-order valence-corrected chi connectivity index (χ0v) is 17.6. The molecule has 0 heteroatoms. The summed E-state index contributed by atoms with van der Waals surface area (Å²) in [7, 11) is 0. The van der Waals surface area contributed by atoms with Gasteiger partial charge in [-0.15, -0.1) is 0 Å². The fourth-order valence-corrected chi connectivity index (χ4v) is 3.70. The molecule has 0 aliphatic rings. The van der Waals surface area contributed by atoms with Crippen molar-refractivity contribution in [3.8, 4) is 0 Å². The van der Waals surface area contributed by atoms with Crippen molar-refractivity contribution in [2.24, 2.45) is 0 Å². The topological polar surface area (TPSA) is 0 Å². The van der Waals surface area contributed by atoms with Gasteiger partial charge in [-0.25, -0.2) is 0 Å². The summed E-state index contributed by atoms with van der Waals surface area (Å²) >= 11 is 0. The molecule has 0 saturated carbocycles. The maximum atomic E-state index is 2.33. The molecule has 0 amide bonds. The van der Waals surface area contributed by atoms with Crippen LogP contribution in [0.1, 0.15) is 76.3 Å². The van der Waals surface area contributed by atoms with Gasteiger partial charge in [0.1, 0.15) is 0 Å². The number of unbranched alkanes of at least 4 members (excludes halogenated alkanes) is 6. The van der Waals surface area contributed by atoms with Crippen LogP contribution in [0, 0.1) is 0 Å². The van der Waals surface area contributed by atoms with E-state index in [4.69, 9.17) is 0 Å². The molecule has 28 heavy (non-hydrogen) atoms. The summed E-state index contributed by atoms with van der Waals surface area (Å²) in [4.78, 5) is 0. The quantitative estimate of drug-likeness (QED) is 0.246. The fourth-order valence-electron chi connectivity index (χ4n) is 3.70. The van der Waals surface area contributed by atoms with Gasteiger partial charge in [-0.3, -0.25) is 0 Å². The van der Waals surface area contributed by atoms with Gasteiger partial charge in [0.2, 0.25) is 0 Å². The standard InChI is InChI=1S/C28H34/c1-3-5-7-9-11-13-23-15-17-25-22-28-20-24(14-12-10-8-6-4-2)16-18-26(28)21-27(25)19-23/h11-22H,3-10H2,1-2H3. The van der Waals surface area contributed by atoms with Crippen molar-refractivity contribution < 1.29 is 0 Å². The Balaban J connectivity index is 1.75. The van der Waals surface area contributed by atoms with Crippen molar-refractivity contribution >= 4 is 33.7 Å². The molecule has 0 aliphatic heterocycles. The van der Waals surface area contributed by atoms with E-state index in [1.807, 2.05) is 0 Å². The first-order chi connectivity index (χ1) is 13.8. The Morgan fingerprint density at radius 3 is 1.43 bits per heavy atom. The largest absolute Gasteiger partial charge is 0.0839 e. The van der Waals surface area contributed by atoms with E-state index in [9.17, 15) is 0 Å². The Morgan fingerprint density at radius 2 is 1.00 bits per heavy atom. The lowest BCUT2D eigenvalue weighted by Gasteiger charge is -2.05. The summed E-state index contributed by atoms with van der Waals surface area (Å²) < 4.78 is 0. The van der Waals surface area contributed by atoms with Crippen molar-refractivity contribution in [1.82, 2.24) is 0 Å². The Labute approximate surface area is 171 Å². The van der Waals surface area contributed by atoms with Crippen molar-refractivity contribution in [1.29, 1.82) is 0 Å². The fraction of sp³-hybridized carbons (Fsp3) is 0.357. The molecule has 0 spiro atoms. The van der Waals surface area contributed by atoms with Crippen molar-refractivity contribution in [3.63, 3.8) is 0 Å². The molecule has 0 saturated heterocycles. The van der Waals surface area contributed by atoms with Gasteiger partial charge >= 0.3 is 0 Å². The molecule has 0 radical (unpaired) electrons. The Hall–Kier alpha value is -2.34. The van der Waals surface area contributed by atoms with Crippen LogP contribution in [0.2, 0.25) is 0 Å². The van der Waals surface area contributed by atoms with Crippen LogP contribution in [-0.2, 0) is 0 Å². The second-order valence-corrected chi connectivity index (χ2v) is 7.86. The Kier molecular flexibility index (Phi) is 7.91. The summed E-state index contributed by atoms with van der Waals surface area (Å²) in [6, 6.07) is 18.3. The SMILES string of the molecule is CCCCCC=Cc1ccc2cc3cc(C=CCCCCC)ccc3cc2c1. The monoisotopic (exact) mass is 370 g/mol. The lowest BCUT2D eigenvalue weighted by atomic mass is 9.99. The van der Waals surface area contributed by atoms with Crippen LogP contribution in [0.25, 0.3) is 33.7 Å². The van der Waals surface area contributed by atoms with Gasteiger partial charge in [-0.2, -0.15) is 0 Å². The molecule has 0 aliphatic carbocycles. The van der Waals surface area contributed by atoms with E-state index in [-0.39, 0.29) is 0 Å². The summed E-state index contributed by atoms with van der Waals surface area (Å²) in [6.45, 7) is 4.51. The predicted octanol–water partition coefficient (Wildman–Crippen LogP) is 9.18. The van der Waals surface area contributed by atoms with Gasteiger partial charge in [0.25, 0.3) is 0 Å². The van der Waals surface area contributed by atoms with Crippen LogP contribution in [0.5, 0.6) is 0 Å². The van der Waals surface area contributed by atoms with E-state index in [1.54, 1.807) is 0 Å². The summed E-state index contributed by atoms with van der Waals surface area (Å²) in [5.74, 6) is 0. The van der Waals surface area contributed by atoms with Gasteiger partial charge in [0.05, 0.1) is 0 Å². The van der Waals surface area contributed by atoms with E-state index >= 15 is 0 Å². The van der Waals surface area contributed by atoms with E-state index in [0.717, 1.165) is 0 Å². The molecule has 146 valence electrons. The van der Waals surface area contributed by atoms with Crippen molar-refractivity contribution in [2.75, 3.05) is 0 Å². The van der Waals surface area contributed by atoms with E-state index in [1.165, 1.54) is 84.0 Å². The zero-order valence-electron chi connectivity index (χ0n) is 17.6. The highest BCUT2D eigenvalue weighted by Gasteiger charge is 2.00. The molecule has 0 N–H and O–H groups in total. The lowest BCUT2D eigenvalue weighted by Crippen LogP contribution is -1.80. The Bertz CT molecular complexity index is 863. The minimum atomic E-state index is 1.18. The van der Waals surface area contributed by atoms with Crippen LogP contribution < -0.4 is 0 Å². The normalized spacial score (nSPS) is 12.1. The molecule has 0 aromatic heterocycles. The first-order valence-electron chi connectivity index (χ1n) is 11.1. The average molecular weight is 371 g/mol. The van der Waals surface area contributed by atoms with Crippen LogP contribution in [0.3, 0.4) is 0 Å². The summed E-state index contributed by atoms with van der Waals surface area (Å²) in [5, 5.41) is 5.29. The summed E-state index contributed by atoms with van der Waals surface area (Å²) in [6.07, 6.45) is 19.3. The van der Waals surface area contributed by atoms with E-state index < -0.39 is 0 Å². The smallest absolute Gasteiger partial charge is 0.0172 e. The van der Waals surface area contributed by atoms with Gasteiger partial charge in [0, 0.05) is 0 Å². The molecular formula is C28H34. The third-order valence-electron chi connectivity index (χ3n) is 5.41. The minimum absolute atomic E-state index is 1.18. The lowest BCUT2D eigenvalue weighted by molar-refractivity contribution is 0.730. The molecule has 3 aromatic rings. The molecule has 0 bridgehead atoms. The third kappa shape index (κ3) is 5.83. The molecule has 0 fully saturated rings. The molecule has 0 unspecified atom stereocenters. The van der Waals surface area contributed by atoms with Crippen molar-refractivity contribution in [3.05, 3.63) is 71.8 Å². The first kappa shape index (κ1) is 20.4. The Morgan fingerprint density at radius 1 is 0.536 bits per heavy atom. The number of benzene rings is 3. The highest BCUT2D eigenvalue weighted by molar-refractivity contribution is 5.99. The average Bonchev–Trinajstić information content (AvgIpc) is 2.72. The summed E-state index contributed by atoms with van der Waals surface area (Å²) in [5.41, 5.74) is 2.60. The minimum Gasteiger partial charge on any atom is -0.0839 e. The first-order valence-corrected chi connectivity index (χ1v) is 11.1. The molecular weight excluding hydrogens is 336 g/mol. The highest BCUT2D eigenvalue weighted by atomic mass is 14.0. The number of rotatable bonds is 10. The number of fused-ring (bicyclic) bond motifs is 2. The molecule has 0 heterocycles. The van der Waals surface area contributed by atoms with Gasteiger partial charge in [-0.05, 0) is 82.6 Å². The number of hydrogen-bond donors (Lipinski definition) is 0. The second kappa shape index (κ2) is 10.9. The van der Waals surface area contributed by atoms with Gasteiger partial charge < -0.3 is 0 Å². The van der Waals surface area contributed by atoms with Crippen LogP contribution in [-0.4, -0.2) is 0 Å². The highest BCUT2D eigenvalue weighted by Crippen LogP contribution is 2.26. The molecule has 0 nitrogen and oxygen atoms in total.